The Morgan fingerprint density at radius 2 is 1.75 bits per heavy atom. The van der Waals surface area contributed by atoms with E-state index in [2.05, 4.69) is 68.7 Å². The molecule has 1 aliphatic rings. The molecule has 4 heteroatoms. The molecule has 0 unspecified atom stereocenters. The van der Waals surface area contributed by atoms with E-state index in [9.17, 15) is 0 Å². The van der Waals surface area contributed by atoms with Gasteiger partial charge in [0.05, 0.1) is 6.04 Å². The van der Waals surface area contributed by atoms with Gasteiger partial charge >= 0.3 is 0 Å². The number of rotatable bonds is 2. The first-order valence-corrected chi connectivity index (χ1v) is 8.67. The quantitative estimate of drug-likeness (QED) is 0.763. The minimum atomic E-state index is -0.224. The van der Waals surface area contributed by atoms with Crippen molar-refractivity contribution in [3.05, 3.63) is 59.2 Å². The zero-order valence-electron chi connectivity index (χ0n) is 14.6. The molecule has 2 aromatic rings. The van der Waals surface area contributed by atoms with Crippen LogP contribution >= 0.6 is 12.2 Å². The average Bonchev–Trinajstić information content (AvgIpc) is 2.48. The molecule has 0 aliphatic carbocycles. The monoisotopic (exact) mass is 340 g/mol. The summed E-state index contributed by atoms with van der Waals surface area (Å²) in [6.45, 7) is 8.38. The highest BCUT2D eigenvalue weighted by atomic mass is 32.1. The van der Waals surface area contributed by atoms with E-state index < -0.39 is 0 Å². The van der Waals surface area contributed by atoms with Crippen molar-refractivity contribution >= 4 is 23.0 Å². The molecule has 3 nitrogen and oxygen atoms in total. The van der Waals surface area contributed by atoms with E-state index >= 15 is 0 Å². The van der Waals surface area contributed by atoms with E-state index in [1.165, 1.54) is 11.1 Å². The molecule has 1 atom stereocenters. The lowest BCUT2D eigenvalue weighted by Gasteiger charge is -2.38. The van der Waals surface area contributed by atoms with E-state index in [0.29, 0.717) is 5.11 Å². The average molecular weight is 340 g/mol. The number of nitrogens with one attached hydrogen (secondary N) is 2. The predicted molar refractivity (Wildman–Crippen MR) is 104 cm³/mol. The van der Waals surface area contributed by atoms with Crippen LogP contribution in [0.15, 0.2) is 42.5 Å². The van der Waals surface area contributed by atoms with Gasteiger partial charge in [-0.15, -0.1) is 0 Å². The minimum Gasteiger partial charge on any atom is -0.487 e. The number of anilines is 1. The number of hydrogen-bond donors (Lipinski definition) is 2. The molecule has 0 fully saturated rings. The summed E-state index contributed by atoms with van der Waals surface area (Å²) in [5, 5.41) is 7.35. The maximum Gasteiger partial charge on any atom is 0.171 e. The molecule has 0 radical (unpaired) electrons. The Hall–Kier alpha value is -2.07. The Kier molecular flexibility index (Phi) is 4.50. The molecule has 0 spiro atoms. The molecule has 2 N–H and O–H groups in total. The molecule has 1 heterocycles. The lowest BCUT2D eigenvalue weighted by Crippen LogP contribution is -2.42. The van der Waals surface area contributed by atoms with E-state index in [0.717, 1.165) is 23.4 Å². The van der Waals surface area contributed by atoms with Crippen LogP contribution in [-0.2, 0) is 0 Å². The molecule has 2 aromatic carbocycles. The third kappa shape index (κ3) is 3.88. The second kappa shape index (κ2) is 6.44. The topological polar surface area (TPSA) is 33.3 Å². The van der Waals surface area contributed by atoms with Crippen LogP contribution in [0.1, 0.15) is 43.0 Å². The summed E-state index contributed by atoms with van der Waals surface area (Å²) in [6, 6.07) is 14.7. The Labute approximate surface area is 149 Å². The molecule has 0 bridgehead atoms. The molecular weight excluding hydrogens is 316 g/mol. The smallest absolute Gasteiger partial charge is 0.171 e. The summed E-state index contributed by atoms with van der Waals surface area (Å²) in [5.41, 5.74) is 4.36. The Bertz CT molecular complexity index is 753. The van der Waals surface area contributed by atoms with Crippen molar-refractivity contribution in [3.63, 3.8) is 0 Å². The van der Waals surface area contributed by atoms with Gasteiger partial charge in [-0.1, -0.05) is 29.8 Å². The van der Waals surface area contributed by atoms with Gasteiger partial charge in [-0.05, 0) is 63.7 Å². The molecule has 0 amide bonds. The zero-order valence-corrected chi connectivity index (χ0v) is 15.5. The molecule has 24 heavy (non-hydrogen) atoms. The van der Waals surface area contributed by atoms with Gasteiger partial charge in [-0.2, -0.15) is 0 Å². The zero-order chi connectivity index (χ0) is 17.3. The van der Waals surface area contributed by atoms with Crippen molar-refractivity contribution in [2.24, 2.45) is 0 Å². The second-order valence-electron chi connectivity index (χ2n) is 7.12. The first-order chi connectivity index (χ1) is 11.3. The molecule has 126 valence electrons. The van der Waals surface area contributed by atoms with E-state index in [-0.39, 0.29) is 11.6 Å². The van der Waals surface area contributed by atoms with Crippen LogP contribution in [-0.4, -0.2) is 10.7 Å². The van der Waals surface area contributed by atoms with Crippen LogP contribution in [0.4, 0.5) is 5.69 Å². The molecule has 0 saturated heterocycles. The minimum absolute atomic E-state index is 0.134. The summed E-state index contributed by atoms with van der Waals surface area (Å²) < 4.78 is 6.14. The normalized spacial score (nSPS) is 18.2. The SMILES string of the molecule is Cc1ccc(NC(=S)N[C@H]2CC(C)(C)Oc3cc(C)ccc32)cc1. The maximum absolute atomic E-state index is 6.14. The summed E-state index contributed by atoms with van der Waals surface area (Å²) >= 11 is 5.52. The van der Waals surface area contributed by atoms with Crippen LogP contribution in [0, 0.1) is 13.8 Å². The fraction of sp³-hybridized carbons (Fsp3) is 0.350. The van der Waals surface area contributed by atoms with Crippen molar-refractivity contribution in [2.45, 2.75) is 45.8 Å². The summed E-state index contributed by atoms with van der Waals surface area (Å²) in [6.07, 6.45) is 0.860. The Morgan fingerprint density at radius 3 is 2.46 bits per heavy atom. The highest BCUT2D eigenvalue weighted by molar-refractivity contribution is 7.80. The number of thiocarbonyl (C=S) groups is 1. The summed E-state index contributed by atoms with van der Waals surface area (Å²) in [4.78, 5) is 0. The van der Waals surface area contributed by atoms with Crippen LogP contribution in [0.25, 0.3) is 0 Å². The predicted octanol–water partition coefficient (Wildman–Crippen LogP) is 4.89. The lowest BCUT2D eigenvalue weighted by atomic mass is 9.89. The third-order valence-electron chi connectivity index (χ3n) is 4.24. The van der Waals surface area contributed by atoms with Gasteiger partial charge in [0.15, 0.2) is 5.11 Å². The van der Waals surface area contributed by atoms with Crippen LogP contribution in [0.3, 0.4) is 0 Å². The molecule has 0 saturated carbocycles. The largest absolute Gasteiger partial charge is 0.487 e. The molecule has 3 rings (SSSR count). The number of fused-ring (bicyclic) bond motifs is 1. The van der Waals surface area contributed by atoms with Crippen LogP contribution in [0.5, 0.6) is 5.75 Å². The van der Waals surface area contributed by atoms with Crippen LogP contribution in [0.2, 0.25) is 0 Å². The standard InChI is InChI=1S/C20H24N2OS/c1-13-5-8-15(9-6-13)21-19(24)22-17-12-20(3,4)23-18-11-14(2)7-10-16(17)18/h5-11,17H,12H2,1-4H3,(H2,21,22,24)/t17-/m0/s1. The summed E-state index contributed by atoms with van der Waals surface area (Å²) in [5.74, 6) is 0.946. The number of hydrogen-bond acceptors (Lipinski definition) is 2. The van der Waals surface area contributed by atoms with Crippen molar-refractivity contribution in [1.29, 1.82) is 0 Å². The van der Waals surface area contributed by atoms with E-state index in [1.807, 2.05) is 12.1 Å². The van der Waals surface area contributed by atoms with Crippen molar-refractivity contribution in [3.8, 4) is 5.75 Å². The summed E-state index contributed by atoms with van der Waals surface area (Å²) in [7, 11) is 0. The maximum atomic E-state index is 6.14. The Balaban J connectivity index is 1.76. The van der Waals surface area contributed by atoms with Gasteiger partial charge < -0.3 is 15.4 Å². The van der Waals surface area contributed by atoms with Gasteiger partial charge in [0.1, 0.15) is 11.4 Å². The lowest BCUT2D eigenvalue weighted by molar-refractivity contribution is 0.0696. The number of aryl methyl sites for hydroxylation is 2. The molecular formula is C20H24N2OS. The van der Waals surface area contributed by atoms with Crippen molar-refractivity contribution in [2.75, 3.05) is 5.32 Å². The highest BCUT2D eigenvalue weighted by Crippen LogP contribution is 2.39. The fourth-order valence-corrected chi connectivity index (χ4v) is 3.31. The second-order valence-corrected chi connectivity index (χ2v) is 7.53. The van der Waals surface area contributed by atoms with Gasteiger partial charge in [-0.3, -0.25) is 0 Å². The van der Waals surface area contributed by atoms with Gasteiger partial charge in [-0.25, -0.2) is 0 Å². The van der Waals surface area contributed by atoms with E-state index in [4.69, 9.17) is 17.0 Å². The molecule has 0 aromatic heterocycles. The van der Waals surface area contributed by atoms with E-state index in [1.54, 1.807) is 0 Å². The van der Waals surface area contributed by atoms with Gasteiger partial charge in [0.25, 0.3) is 0 Å². The van der Waals surface area contributed by atoms with Gasteiger partial charge in [0, 0.05) is 17.7 Å². The number of benzene rings is 2. The number of ether oxygens (including phenoxy) is 1. The van der Waals surface area contributed by atoms with Crippen molar-refractivity contribution < 1.29 is 4.74 Å². The molecule has 1 aliphatic heterocycles. The first kappa shape index (κ1) is 16.8. The Morgan fingerprint density at radius 1 is 1.08 bits per heavy atom. The van der Waals surface area contributed by atoms with Crippen LogP contribution < -0.4 is 15.4 Å². The highest BCUT2D eigenvalue weighted by Gasteiger charge is 2.34. The fourth-order valence-electron chi connectivity index (χ4n) is 3.05. The first-order valence-electron chi connectivity index (χ1n) is 8.26. The van der Waals surface area contributed by atoms with Gasteiger partial charge in [0.2, 0.25) is 0 Å². The van der Waals surface area contributed by atoms with Crippen molar-refractivity contribution in [1.82, 2.24) is 5.32 Å². The third-order valence-corrected chi connectivity index (χ3v) is 4.46.